The summed E-state index contributed by atoms with van der Waals surface area (Å²) in [5, 5.41) is 3.12. The Bertz CT molecular complexity index is 355. The summed E-state index contributed by atoms with van der Waals surface area (Å²) in [6, 6.07) is 5.93. The molecule has 0 amide bonds. The number of rotatable bonds is 7. The molecule has 0 atom stereocenters. The van der Waals surface area contributed by atoms with Crippen LogP contribution in [0.25, 0.3) is 0 Å². The zero-order chi connectivity index (χ0) is 11.9. The van der Waals surface area contributed by atoms with Crippen molar-refractivity contribution in [1.29, 1.82) is 0 Å². The molecule has 1 aromatic rings. The van der Waals surface area contributed by atoms with E-state index < -0.39 is 0 Å². The lowest BCUT2D eigenvalue weighted by molar-refractivity contribution is 0.117. The van der Waals surface area contributed by atoms with Crippen molar-refractivity contribution >= 4 is 0 Å². The van der Waals surface area contributed by atoms with Crippen LogP contribution in [-0.2, 0) is 11.3 Å². The molecule has 0 unspecified atom stereocenters. The Labute approximate surface area is 102 Å². The molecule has 0 radical (unpaired) electrons. The van der Waals surface area contributed by atoms with Crippen LogP contribution in [0.3, 0.4) is 0 Å². The molecular weight excluding hydrogens is 218 g/mol. The van der Waals surface area contributed by atoms with E-state index >= 15 is 0 Å². The molecular formula is C13H19NO3. The molecule has 0 aliphatic carbocycles. The van der Waals surface area contributed by atoms with Crippen molar-refractivity contribution in [2.75, 3.05) is 27.0 Å². The predicted molar refractivity (Wildman–Crippen MR) is 65.4 cm³/mol. The molecule has 2 rings (SSSR count). The number of fused-ring (bicyclic) bond motifs is 1. The third-order valence-electron chi connectivity index (χ3n) is 2.67. The van der Waals surface area contributed by atoms with Gasteiger partial charge in [-0.05, 0) is 44.1 Å². The molecule has 1 heterocycles. The summed E-state index contributed by atoms with van der Waals surface area (Å²) < 4.78 is 16.2. The van der Waals surface area contributed by atoms with Crippen LogP contribution in [0, 0.1) is 0 Å². The van der Waals surface area contributed by atoms with E-state index in [1.165, 1.54) is 0 Å². The van der Waals surface area contributed by atoms with Crippen molar-refractivity contribution < 1.29 is 14.2 Å². The highest BCUT2D eigenvalue weighted by molar-refractivity contribution is 5.44. The molecule has 0 bridgehead atoms. The SMILES string of the molecule is CNCCCCOCc1ccc2c(c1)OCO2. The van der Waals surface area contributed by atoms with Crippen LogP contribution in [0.1, 0.15) is 18.4 Å². The summed E-state index contributed by atoms with van der Waals surface area (Å²) >= 11 is 0. The van der Waals surface area contributed by atoms with Crippen LogP contribution in [0.5, 0.6) is 11.5 Å². The van der Waals surface area contributed by atoms with Gasteiger partial charge in [0, 0.05) is 6.61 Å². The highest BCUT2D eigenvalue weighted by Crippen LogP contribution is 2.32. The van der Waals surface area contributed by atoms with Crippen LogP contribution >= 0.6 is 0 Å². The minimum Gasteiger partial charge on any atom is -0.454 e. The monoisotopic (exact) mass is 237 g/mol. The molecule has 0 aromatic heterocycles. The second kappa shape index (κ2) is 6.47. The number of nitrogens with one attached hydrogen (secondary N) is 1. The van der Waals surface area contributed by atoms with E-state index in [1.54, 1.807) is 0 Å². The largest absolute Gasteiger partial charge is 0.454 e. The first kappa shape index (κ1) is 12.2. The van der Waals surface area contributed by atoms with E-state index in [0.717, 1.165) is 43.1 Å². The van der Waals surface area contributed by atoms with E-state index in [1.807, 2.05) is 25.2 Å². The van der Waals surface area contributed by atoms with Gasteiger partial charge >= 0.3 is 0 Å². The molecule has 0 fully saturated rings. The third-order valence-corrected chi connectivity index (χ3v) is 2.67. The molecule has 1 N–H and O–H groups in total. The summed E-state index contributed by atoms with van der Waals surface area (Å²) in [5.41, 5.74) is 1.13. The molecule has 1 aliphatic rings. The van der Waals surface area contributed by atoms with Crippen molar-refractivity contribution in [2.45, 2.75) is 19.4 Å². The summed E-state index contributed by atoms with van der Waals surface area (Å²) in [5.74, 6) is 1.64. The van der Waals surface area contributed by atoms with Crippen molar-refractivity contribution in [3.05, 3.63) is 23.8 Å². The Morgan fingerprint density at radius 2 is 2.12 bits per heavy atom. The van der Waals surface area contributed by atoms with Gasteiger partial charge in [-0.1, -0.05) is 6.07 Å². The topological polar surface area (TPSA) is 39.7 Å². The fourth-order valence-electron chi connectivity index (χ4n) is 1.73. The Morgan fingerprint density at radius 3 is 3.00 bits per heavy atom. The van der Waals surface area contributed by atoms with E-state index in [9.17, 15) is 0 Å². The number of hydrogen-bond acceptors (Lipinski definition) is 4. The second-order valence-corrected chi connectivity index (χ2v) is 4.05. The van der Waals surface area contributed by atoms with Gasteiger partial charge in [-0.15, -0.1) is 0 Å². The van der Waals surface area contributed by atoms with E-state index in [0.29, 0.717) is 13.4 Å². The van der Waals surface area contributed by atoms with Gasteiger partial charge in [0.2, 0.25) is 6.79 Å². The molecule has 4 heteroatoms. The highest BCUT2D eigenvalue weighted by atomic mass is 16.7. The third kappa shape index (κ3) is 3.61. The van der Waals surface area contributed by atoms with Crippen molar-refractivity contribution in [3.8, 4) is 11.5 Å². The van der Waals surface area contributed by atoms with Gasteiger partial charge < -0.3 is 19.5 Å². The van der Waals surface area contributed by atoms with Crippen molar-refractivity contribution in [2.24, 2.45) is 0 Å². The van der Waals surface area contributed by atoms with Crippen LogP contribution in [-0.4, -0.2) is 27.0 Å². The van der Waals surface area contributed by atoms with Crippen LogP contribution in [0.4, 0.5) is 0 Å². The lowest BCUT2D eigenvalue weighted by Gasteiger charge is -2.05. The maximum absolute atomic E-state index is 5.60. The molecule has 4 nitrogen and oxygen atoms in total. The zero-order valence-corrected chi connectivity index (χ0v) is 10.2. The number of benzene rings is 1. The summed E-state index contributed by atoms with van der Waals surface area (Å²) in [6.45, 7) is 2.81. The van der Waals surface area contributed by atoms with E-state index in [4.69, 9.17) is 14.2 Å². The first-order valence-electron chi connectivity index (χ1n) is 6.01. The van der Waals surface area contributed by atoms with Gasteiger partial charge in [0.1, 0.15) is 0 Å². The fraction of sp³-hybridized carbons (Fsp3) is 0.538. The molecule has 0 saturated carbocycles. The zero-order valence-electron chi connectivity index (χ0n) is 10.2. The number of unbranched alkanes of at least 4 members (excludes halogenated alkanes) is 1. The standard InChI is InChI=1S/C13H19NO3/c1-14-6-2-3-7-15-9-11-4-5-12-13(8-11)17-10-16-12/h4-5,8,14H,2-3,6-7,9-10H2,1H3. The van der Waals surface area contributed by atoms with Gasteiger partial charge in [-0.25, -0.2) is 0 Å². The van der Waals surface area contributed by atoms with Crippen LogP contribution in [0.2, 0.25) is 0 Å². The predicted octanol–water partition coefficient (Wildman–Crippen LogP) is 1.93. The molecule has 1 aliphatic heterocycles. The van der Waals surface area contributed by atoms with Gasteiger partial charge in [0.15, 0.2) is 11.5 Å². The van der Waals surface area contributed by atoms with E-state index in [2.05, 4.69) is 5.32 Å². The first-order valence-corrected chi connectivity index (χ1v) is 6.01. The van der Waals surface area contributed by atoms with E-state index in [-0.39, 0.29) is 0 Å². The molecule has 94 valence electrons. The minimum atomic E-state index is 0.323. The molecule has 1 aromatic carbocycles. The summed E-state index contributed by atoms with van der Waals surface area (Å²) in [7, 11) is 1.97. The maximum atomic E-state index is 5.60. The van der Waals surface area contributed by atoms with Gasteiger partial charge in [0.25, 0.3) is 0 Å². The van der Waals surface area contributed by atoms with Gasteiger partial charge in [-0.2, -0.15) is 0 Å². The normalized spacial score (nSPS) is 13.0. The average molecular weight is 237 g/mol. The second-order valence-electron chi connectivity index (χ2n) is 4.05. The Kier molecular flexibility index (Phi) is 4.64. The lowest BCUT2D eigenvalue weighted by Crippen LogP contribution is -2.08. The van der Waals surface area contributed by atoms with Crippen molar-refractivity contribution in [1.82, 2.24) is 5.32 Å². The van der Waals surface area contributed by atoms with Gasteiger partial charge in [0.05, 0.1) is 6.61 Å². The van der Waals surface area contributed by atoms with Crippen LogP contribution in [0.15, 0.2) is 18.2 Å². The molecule has 17 heavy (non-hydrogen) atoms. The Balaban J connectivity index is 1.69. The smallest absolute Gasteiger partial charge is 0.231 e. The number of hydrogen-bond donors (Lipinski definition) is 1. The summed E-state index contributed by atoms with van der Waals surface area (Å²) in [4.78, 5) is 0. The Morgan fingerprint density at radius 1 is 1.24 bits per heavy atom. The summed E-state index contributed by atoms with van der Waals surface area (Å²) in [6.07, 6.45) is 2.24. The lowest BCUT2D eigenvalue weighted by atomic mass is 10.2. The first-order chi connectivity index (χ1) is 8.40. The van der Waals surface area contributed by atoms with Crippen LogP contribution < -0.4 is 14.8 Å². The minimum absolute atomic E-state index is 0.323. The fourth-order valence-corrected chi connectivity index (χ4v) is 1.73. The molecule has 0 spiro atoms. The average Bonchev–Trinajstić information content (AvgIpc) is 2.81. The van der Waals surface area contributed by atoms with Crippen molar-refractivity contribution in [3.63, 3.8) is 0 Å². The quantitative estimate of drug-likeness (QED) is 0.736. The molecule has 0 saturated heterocycles. The van der Waals surface area contributed by atoms with Gasteiger partial charge in [-0.3, -0.25) is 0 Å². The Hall–Kier alpha value is -1.26. The maximum Gasteiger partial charge on any atom is 0.231 e. The highest BCUT2D eigenvalue weighted by Gasteiger charge is 2.12. The number of ether oxygens (including phenoxy) is 3.